The Balaban J connectivity index is 1.61. The number of carbonyl (C=O) groups is 1. The minimum atomic E-state index is 0.0583. The molecule has 0 bridgehead atoms. The second-order valence-corrected chi connectivity index (χ2v) is 7.60. The van der Waals surface area contributed by atoms with Crippen molar-refractivity contribution < 1.29 is 4.79 Å². The lowest BCUT2D eigenvalue weighted by atomic mass is 10.3. The van der Waals surface area contributed by atoms with Crippen LogP contribution in [0.15, 0.2) is 35.0 Å². The molecule has 108 valence electrons. The maximum absolute atomic E-state index is 11.9. The van der Waals surface area contributed by atoms with Crippen molar-refractivity contribution in [2.24, 2.45) is 0 Å². The maximum atomic E-state index is 11.9. The van der Waals surface area contributed by atoms with Gasteiger partial charge in [0.15, 0.2) is 0 Å². The molecular formula is C15H14N2OS3. The molecule has 0 aliphatic rings. The quantitative estimate of drug-likeness (QED) is 0.763. The Morgan fingerprint density at radius 3 is 2.76 bits per heavy atom. The predicted molar refractivity (Wildman–Crippen MR) is 90.0 cm³/mol. The van der Waals surface area contributed by atoms with Crippen LogP contribution in [0.25, 0.3) is 9.88 Å². The highest BCUT2D eigenvalue weighted by molar-refractivity contribution is 7.21. The maximum Gasteiger partial charge on any atom is 0.225 e. The molecule has 0 saturated carbocycles. The summed E-state index contributed by atoms with van der Waals surface area (Å²) in [6, 6.07) is 8.05. The van der Waals surface area contributed by atoms with E-state index in [0.717, 1.165) is 20.5 Å². The van der Waals surface area contributed by atoms with Gasteiger partial charge >= 0.3 is 0 Å². The number of nitrogens with zero attached hydrogens (tertiary/aromatic N) is 1. The van der Waals surface area contributed by atoms with E-state index in [0.29, 0.717) is 13.0 Å². The number of aryl methyl sites for hydroxylation is 1. The van der Waals surface area contributed by atoms with E-state index in [1.54, 1.807) is 34.0 Å². The highest BCUT2D eigenvalue weighted by Crippen LogP contribution is 2.30. The number of amides is 1. The topological polar surface area (TPSA) is 42.0 Å². The Kier molecular flexibility index (Phi) is 4.48. The molecule has 3 nitrogen and oxygen atoms in total. The summed E-state index contributed by atoms with van der Waals surface area (Å²) in [5.74, 6) is 0.0583. The molecule has 3 aromatic rings. The van der Waals surface area contributed by atoms with E-state index in [4.69, 9.17) is 0 Å². The molecule has 0 aromatic carbocycles. The first-order valence-corrected chi connectivity index (χ1v) is 9.09. The largest absolute Gasteiger partial charge is 0.351 e. The Morgan fingerprint density at radius 1 is 1.24 bits per heavy atom. The van der Waals surface area contributed by atoms with Crippen LogP contribution in [0.5, 0.6) is 0 Å². The van der Waals surface area contributed by atoms with Crippen molar-refractivity contribution in [1.82, 2.24) is 10.3 Å². The third-order valence-corrected chi connectivity index (χ3v) is 6.06. The Hall–Kier alpha value is -1.50. The number of nitrogens with one attached hydrogen (secondary N) is 1. The molecule has 0 unspecified atom stereocenters. The van der Waals surface area contributed by atoms with Gasteiger partial charge in [-0.2, -0.15) is 0 Å². The van der Waals surface area contributed by atoms with Crippen molar-refractivity contribution in [2.45, 2.75) is 19.9 Å². The molecule has 0 fully saturated rings. The molecule has 0 aliphatic heterocycles. The summed E-state index contributed by atoms with van der Waals surface area (Å²) in [7, 11) is 0. The van der Waals surface area contributed by atoms with Crippen LogP contribution >= 0.6 is 34.0 Å². The van der Waals surface area contributed by atoms with Crippen LogP contribution in [-0.2, 0) is 17.8 Å². The number of thiophene rings is 2. The summed E-state index contributed by atoms with van der Waals surface area (Å²) < 4.78 is 0. The summed E-state index contributed by atoms with van der Waals surface area (Å²) in [4.78, 5) is 19.9. The molecule has 0 radical (unpaired) electrons. The second-order valence-electron chi connectivity index (χ2n) is 4.54. The zero-order valence-corrected chi connectivity index (χ0v) is 13.9. The fourth-order valence-electron chi connectivity index (χ4n) is 1.91. The molecule has 1 amide bonds. The molecule has 6 heteroatoms. The smallest absolute Gasteiger partial charge is 0.225 e. The number of hydrogen-bond donors (Lipinski definition) is 1. The molecule has 0 spiro atoms. The van der Waals surface area contributed by atoms with Crippen LogP contribution < -0.4 is 5.32 Å². The van der Waals surface area contributed by atoms with E-state index in [-0.39, 0.29) is 5.91 Å². The molecule has 3 heterocycles. The molecule has 1 N–H and O–H groups in total. The lowest BCUT2D eigenvalue weighted by Gasteiger charge is -2.02. The molecular weight excluding hydrogens is 320 g/mol. The van der Waals surface area contributed by atoms with Crippen molar-refractivity contribution in [3.8, 4) is 9.88 Å². The number of thiazole rings is 1. The lowest BCUT2D eigenvalue weighted by molar-refractivity contribution is -0.120. The van der Waals surface area contributed by atoms with Gasteiger partial charge in [0.05, 0.1) is 23.5 Å². The molecule has 3 aromatic heterocycles. The van der Waals surface area contributed by atoms with Gasteiger partial charge in [-0.05, 0) is 29.8 Å². The fraction of sp³-hybridized carbons (Fsp3) is 0.200. The summed E-state index contributed by atoms with van der Waals surface area (Å²) in [5.41, 5.74) is 1.000. The van der Waals surface area contributed by atoms with E-state index in [2.05, 4.69) is 21.7 Å². The van der Waals surface area contributed by atoms with Gasteiger partial charge < -0.3 is 5.32 Å². The monoisotopic (exact) mass is 334 g/mol. The highest BCUT2D eigenvalue weighted by atomic mass is 32.1. The summed E-state index contributed by atoms with van der Waals surface area (Å²) in [6.07, 6.45) is 0.452. The standard InChI is InChI=1S/C15H14N2OS3/c1-10-13(21-15(17-10)12-5-3-7-20-12)9-16-14(18)8-11-4-2-6-19-11/h2-7H,8-9H2,1H3,(H,16,18). The molecule has 3 rings (SSSR count). The van der Waals surface area contributed by atoms with Crippen molar-refractivity contribution in [2.75, 3.05) is 0 Å². The van der Waals surface area contributed by atoms with E-state index < -0.39 is 0 Å². The van der Waals surface area contributed by atoms with Crippen LogP contribution in [0.4, 0.5) is 0 Å². The number of aromatic nitrogens is 1. The first kappa shape index (κ1) is 14.4. The van der Waals surface area contributed by atoms with Gasteiger partial charge in [-0.25, -0.2) is 4.98 Å². The average molecular weight is 334 g/mol. The van der Waals surface area contributed by atoms with Gasteiger partial charge in [0.25, 0.3) is 0 Å². The average Bonchev–Trinajstić information content (AvgIpc) is 3.17. The predicted octanol–water partition coefficient (Wildman–Crippen LogP) is 4.10. The van der Waals surface area contributed by atoms with Crippen LogP contribution in [0.1, 0.15) is 15.4 Å². The number of rotatable bonds is 5. The SMILES string of the molecule is Cc1nc(-c2cccs2)sc1CNC(=O)Cc1cccs1. The third kappa shape index (κ3) is 3.58. The van der Waals surface area contributed by atoms with Crippen molar-refractivity contribution in [1.29, 1.82) is 0 Å². The van der Waals surface area contributed by atoms with Gasteiger partial charge in [0.2, 0.25) is 5.91 Å². The molecule has 0 saturated heterocycles. The number of carbonyl (C=O) groups excluding carboxylic acids is 1. The summed E-state index contributed by atoms with van der Waals surface area (Å²) in [5, 5.41) is 8.05. The number of hydrogen-bond acceptors (Lipinski definition) is 5. The van der Waals surface area contributed by atoms with Crippen molar-refractivity contribution in [3.63, 3.8) is 0 Å². The van der Waals surface area contributed by atoms with Crippen LogP contribution in [0.2, 0.25) is 0 Å². The molecule has 0 atom stereocenters. The zero-order valence-electron chi connectivity index (χ0n) is 11.5. The van der Waals surface area contributed by atoms with E-state index in [1.165, 1.54) is 4.88 Å². The van der Waals surface area contributed by atoms with Gasteiger partial charge in [0, 0.05) is 9.75 Å². The minimum absolute atomic E-state index is 0.0583. The highest BCUT2D eigenvalue weighted by Gasteiger charge is 2.11. The Morgan fingerprint density at radius 2 is 2.05 bits per heavy atom. The zero-order chi connectivity index (χ0) is 14.7. The molecule has 21 heavy (non-hydrogen) atoms. The van der Waals surface area contributed by atoms with Gasteiger partial charge in [0.1, 0.15) is 5.01 Å². The Bertz CT molecular complexity index is 714. The van der Waals surface area contributed by atoms with Crippen LogP contribution in [0, 0.1) is 6.92 Å². The van der Waals surface area contributed by atoms with Crippen LogP contribution in [0.3, 0.4) is 0 Å². The first-order chi connectivity index (χ1) is 10.2. The lowest BCUT2D eigenvalue weighted by Crippen LogP contribution is -2.24. The van der Waals surface area contributed by atoms with Gasteiger partial charge in [-0.3, -0.25) is 4.79 Å². The van der Waals surface area contributed by atoms with E-state index in [9.17, 15) is 4.79 Å². The van der Waals surface area contributed by atoms with E-state index in [1.807, 2.05) is 30.5 Å². The normalized spacial score (nSPS) is 10.7. The Labute approximate surface area is 135 Å². The summed E-state index contributed by atoms with van der Waals surface area (Å²) in [6.45, 7) is 2.55. The van der Waals surface area contributed by atoms with Crippen molar-refractivity contribution in [3.05, 3.63) is 50.5 Å². The van der Waals surface area contributed by atoms with Crippen LogP contribution in [-0.4, -0.2) is 10.9 Å². The first-order valence-electron chi connectivity index (χ1n) is 6.51. The summed E-state index contributed by atoms with van der Waals surface area (Å²) >= 11 is 4.95. The van der Waals surface area contributed by atoms with E-state index >= 15 is 0 Å². The van der Waals surface area contributed by atoms with Gasteiger partial charge in [-0.15, -0.1) is 34.0 Å². The molecule has 0 aliphatic carbocycles. The third-order valence-electron chi connectivity index (χ3n) is 2.99. The van der Waals surface area contributed by atoms with Gasteiger partial charge in [-0.1, -0.05) is 12.1 Å². The second kappa shape index (κ2) is 6.51. The van der Waals surface area contributed by atoms with Crippen molar-refractivity contribution >= 4 is 39.9 Å². The fourth-order valence-corrected chi connectivity index (χ4v) is 4.41. The minimum Gasteiger partial charge on any atom is -0.351 e.